The molecule has 0 spiro atoms. The summed E-state index contributed by atoms with van der Waals surface area (Å²) >= 11 is 3.45. The molecule has 7 heteroatoms. The van der Waals surface area contributed by atoms with E-state index in [-0.39, 0.29) is 5.56 Å². The average molecular weight is 523 g/mol. The molecule has 1 aliphatic rings. The van der Waals surface area contributed by atoms with Crippen LogP contribution in [0.15, 0.2) is 42.5 Å². The molecular weight excluding hydrogens is 493 g/mol. The van der Waals surface area contributed by atoms with Gasteiger partial charge in [0.2, 0.25) is 0 Å². The predicted molar refractivity (Wildman–Crippen MR) is 129 cm³/mol. The Labute approximate surface area is 202 Å². The maximum Gasteiger partial charge on any atom is 0.417 e. The molecule has 1 fully saturated rings. The van der Waals surface area contributed by atoms with Crippen molar-refractivity contribution in [2.45, 2.75) is 57.0 Å². The van der Waals surface area contributed by atoms with Crippen molar-refractivity contribution in [2.24, 2.45) is 0 Å². The zero-order valence-corrected chi connectivity index (χ0v) is 20.3. The first kappa shape index (κ1) is 25.4. The first-order valence-corrected chi connectivity index (χ1v) is 12.7. The van der Waals surface area contributed by atoms with E-state index in [1.807, 2.05) is 17.0 Å². The fourth-order valence-electron chi connectivity index (χ4n) is 4.29. The Morgan fingerprint density at radius 1 is 0.970 bits per heavy atom. The van der Waals surface area contributed by atoms with Crippen molar-refractivity contribution in [3.8, 4) is 11.8 Å². The van der Waals surface area contributed by atoms with Crippen LogP contribution in [0.4, 0.5) is 18.9 Å². The van der Waals surface area contributed by atoms with Crippen molar-refractivity contribution < 1.29 is 17.9 Å². The molecule has 0 aromatic heterocycles. The Bertz CT molecular complexity index is 917. The van der Waals surface area contributed by atoms with Crippen molar-refractivity contribution in [3.05, 3.63) is 59.2 Å². The maximum absolute atomic E-state index is 13.3. The van der Waals surface area contributed by atoms with Gasteiger partial charge < -0.3 is 9.64 Å². The summed E-state index contributed by atoms with van der Waals surface area (Å²) in [7, 11) is 0. The highest BCUT2D eigenvalue weighted by molar-refractivity contribution is 9.09. The highest BCUT2D eigenvalue weighted by Crippen LogP contribution is 2.36. The van der Waals surface area contributed by atoms with Crippen LogP contribution in [-0.2, 0) is 6.18 Å². The zero-order chi connectivity index (χ0) is 23.7. The molecule has 0 aliphatic carbocycles. The summed E-state index contributed by atoms with van der Waals surface area (Å²) in [4.78, 5) is 1.97. The quantitative estimate of drug-likeness (QED) is 0.237. The standard InChI is InChI=1S/C26H30BrF3N2O/c27-14-4-2-1-3-5-17-33-24-10-7-20(8-11-24)21-12-15-32(16-13-21)23-9-6-22(19-31)25(18-23)26(28,29)30/h6-11,18,21H,1-5,12-17H2. The molecule has 0 unspecified atom stereocenters. The van der Waals surface area contributed by atoms with Crippen LogP contribution >= 0.6 is 15.9 Å². The Morgan fingerprint density at radius 3 is 2.27 bits per heavy atom. The van der Waals surface area contributed by atoms with E-state index in [0.717, 1.165) is 43.0 Å². The molecule has 0 amide bonds. The number of benzene rings is 2. The van der Waals surface area contributed by atoms with E-state index in [1.165, 1.54) is 37.3 Å². The number of piperidine rings is 1. The lowest BCUT2D eigenvalue weighted by atomic mass is 9.89. The van der Waals surface area contributed by atoms with Crippen LogP contribution in [0.1, 0.15) is 67.6 Å². The SMILES string of the molecule is N#Cc1ccc(N2CCC(c3ccc(OCCCCCCCBr)cc3)CC2)cc1C(F)(F)F. The van der Waals surface area contributed by atoms with Gasteiger partial charge in [-0.1, -0.05) is 47.3 Å². The van der Waals surface area contributed by atoms with Crippen LogP contribution in [0.5, 0.6) is 5.75 Å². The number of alkyl halides is 4. The molecular formula is C26H30BrF3N2O. The summed E-state index contributed by atoms with van der Waals surface area (Å²) in [5.74, 6) is 1.26. The molecule has 0 radical (unpaired) electrons. The summed E-state index contributed by atoms with van der Waals surface area (Å²) in [5.41, 5.74) is 0.570. The van der Waals surface area contributed by atoms with Crippen LogP contribution in [0, 0.1) is 11.3 Å². The fourth-order valence-corrected chi connectivity index (χ4v) is 4.68. The van der Waals surface area contributed by atoms with Gasteiger partial charge in [-0.3, -0.25) is 0 Å². The van der Waals surface area contributed by atoms with Gasteiger partial charge in [0.25, 0.3) is 0 Å². The molecule has 0 N–H and O–H groups in total. The maximum atomic E-state index is 13.3. The molecule has 178 valence electrons. The van der Waals surface area contributed by atoms with Gasteiger partial charge in [-0.2, -0.15) is 18.4 Å². The number of hydrogen-bond acceptors (Lipinski definition) is 3. The zero-order valence-electron chi connectivity index (χ0n) is 18.7. The summed E-state index contributed by atoms with van der Waals surface area (Å²) in [6.45, 7) is 2.10. The van der Waals surface area contributed by atoms with Crippen LogP contribution in [0.3, 0.4) is 0 Å². The lowest BCUT2D eigenvalue weighted by Gasteiger charge is -2.34. The largest absolute Gasteiger partial charge is 0.494 e. The summed E-state index contributed by atoms with van der Waals surface area (Å²) in [6, 6.07) is 13.9. The Balaban J connectivity index is 1.49. The first-order chi connectivity index (χ1) is 15.9. The van der Waals surface area contributed by atoms with Crippen LogP contribution in [0.2, 0.25) is 0 Å². The molecule has 2 aromatic rings. The highest BCUT2D eigenvalue weighted by atomic mass is 79.9. The van der Waals surface area contributed by atoms with Crippen LogP contribution < -0.4 is 9.64 Å². The molecule has 2 aromatic carbocycles. The number of nitriles is 1. The molecule has 3 rings (SSSR count). The topological polar surface area (TPSA) is 36.3 Å². The summed E-state index contributed by atoms with van der Waals surface area (Å²) in [6.07, 6.45) is 3.19. The second-order valence-electron chi connectivity index (χ2n) is 8.48. The number of nitrogens with zero attached hydrogens (tertiary/aromatic N) is 2. The van der Waals surface area contributed by atoms with E-state index in [0.29, 0.717) is 24.7 Å². The lowest BCUT2D eigenvalue weighted by molar-refractivity contribution is -0.137. The molecule has 0 bridgehead atoms. The van der Waals surface area contributed by atoms with Crippen LogP contribution in [0.25, 0.3) is 0 Å². The molecule has 1 saturated heterocycles. The van der Waals surface area contributed by atoms with E-state index in [1.54, 1.807) is 12.1 Å². The van der Waals surface area contributed by atoms with Gasteiger partial charge in [-0.15, -0.1) is 0 Å². The van der Waals surface area contributed by atoms with Gasteiger partial charge in [0, 0.05) is 24.1 Å². The van der Waals surface area contributed by atoms with Crippen LogP contribution in [-0.4, -0.2) is 25.0 Å². The minimum Gasteiger partial charge on any atom is -0.494 e. The smallest absolute Gasteiger partial charge is 0.417 e. The number of unbranched alkanes of at least 4 members (excludes halogenated alkanes) is 4. The van der Waals surface area contributed by atoms with Gasteiger partial charge in [0.1, 0.15) is 5.75 Å². The Kier molecular flexibility index (Phi) is 9.49. The average Bonchev–Trinajstić information content (AvgIpc) is 2.83. The molecule has 3 nitrogen and oxygen atoms in total. The second-order valence-corrected chi connectivity index (χ2v) is 9.27. The van der Waals surface area contributed by atoms with Crippen molar-refractivity contribution in [1.29, 1.82) is 5.26 Å². The first-order valence-electron chi connectivity index (χ1n) is 11.6. The molecule has 0 saturated carbocycles. The molecule has 0 atom stereocenters. The molecule has 1 heterocycles. The van der Waals surface area contributed by atoms with Gasteiger partial charge >= 0.3 is 6.18 Å². The summed E-state index contributed by atoms with van der Waals surface area (Å²) < 4.78 is 45.7. The van der Waals surface area contributed by atoms with E-state index in [4.69, 9.17) is 10.00 Å². The third-order valence-electron chi connectivity index (χ3n) is 6.19. The van der Waals surface area contributed by atoms with Gasteiger partial charge in [0.05, 0.1) is 23.8 Å². The Morgan fingerprint density at radius 2 is 1.64 bits per heavy atom. The summed E-state index contributed by atoms with van der Waals surface area (Å²) in [5, 5.41) is 10.1. The number of hydrogen-bond donors (Lipinski definition) is 0. The predicted octanol–water partition coefficient (Wildman–Crippen LogP) is 7.69. The number of anilines is 1. The van der Waals surface area contributed by atoms with Crippen molar-refractivity contribution >= 4 is 21.6 Å². The number of rotatable bonds is 10. The van der Waals surface area contributed by atoms with E-state index in [9.17, 15) is 13.2 Å². The monoisotopic (exact) mass is 522 g/mol. The third-order valence-corrected chi connectivity index (χ3v) is 6.75. The van der Waals surface area contributed by atoms with E-state index >= 15 is 0 Å². The van der Waals surface area contributed by atoms with Gasteiger partial charge in [-0.25, -0.2) is 0 Å². The highest BCUT2D eigenvalue weighted by Gasteiger charge is 2.34. The second kappa shape index (κ2) is 12.3. The van der Waals surface area contributed by atoms with Crippen molar-refractivity contribution in [2.75, 3.05) is 29.9 Å². The number of halogens is 4. The van der Waals surface area contributed by atoms with Crippen molar-refractivity contribution in [1.82, 2.24) is 0 Å². The van der Waals surface area contributed by atoms with Gasteiger partial charge in [0.15, 0.2) is 0 Å². The minimum absolute atomic E-state index is 0.335. The van der Waals surface area contributed by atoms with Gasteiger partial charge in [-0.05, 0) is 67.5 Å². The van der Waals surface area contributed by atoms with Crippen molar-refractivity contribution in [3.63, 3.8) is 0 Å². The lowest BCUT2D eigenvalue weighted by Crippen LogP contribution is -2.33. The Hall–Kier alpha value is -2.20. The molecule has 1 aliphatic heterocycles. The minimum atomic E-state index is -4.53. The number of ether oxygens (including phenoxy) is 1. The normalized spacial score (nSPS) is 14.8. The van der Waals surface area contributed by atoms with E-state index < -0.39 is 11.7 Å². The van der Waals surface area contributed by atoms with E-state index in [2.05, 4.69) is 28.1 Å². The molecule has 33 heavy (non-hydrogen) atoms. The third kappa shape index (κ3) is 7.40. The fraction of sp³-hybridized carbons (Fsp3) is 0.500.